The first-order valence-corrected chi connectivity index (χ1v) is 5.72. The Morgan fingerprint density at radius 2 is 2.25 bits per heavy atom. The van der Waals surface area contributed by atoms with E-state index in [1.54, 1.807) is 5.38 Å². The third-order valence-corrected chi connectivity index (χ3v) is 2.67. The topological polar surface area (TPSA) is 81.1 Å². The van der Waals surface area contributed by atoms with Gasteiger partial charge in [-0.2, -0.15) is 4.98 Å². The van der Waals surface area contributed by atoms with Gasteiger partial charge in [0.1, 0.15) is 5.69 Å². The highest BCUT2D eigenvalue weighted by Crippen LogP contribution is 2.21. The molecule has 0 spiro atoms. The molecule has 2 heterocycles. The molecule has 0 atom stereocenters. The Bertz CT molecular complexity index is 464. The van der Waals surface area contributed by atoms with Crippen molar-refractivity contribution in [3.8, 4) is 11.6 Å². The maximum Gasteiger partial charge on any atom is 0.277 e. The van der Waals surface area contributed by atoms with E-state index in [-0.39, 0.29) is 0 Å². The van der Waals surface area contributed by atoms with Gasteiger partial charge in [-0.15, -0.1) is 11.3 Å². The first kappa shape index (κ1) is 11.0. The fraction of sp³-hybridized carbons (Fsp3) is 0.444. The number of nitrogens with two attached hydrogens (primary N) is 1. The molecule has 0 fully saturated rings. The lowest BCUT2D eigenvalue weighted by molar-refractivity contribution is 0.392. The summed E-state index contributed by atoms with van der Waals surface area (Å²) in [5, 5.41) is 6.19. The summed E-state index contributed by atoms with van der Waals surface area (Å²) in [5.74, 6) is 1.12. The van der Waals surface area contributed by atoms with Gasteiger partial charge in [-0.3, -0.25) is 0 Å². The Labute approximate surface area is 97.1 Å². The third kappa shape index (κ3) is 2.56. The average Bonchev–Trinajstić information content (AvgIpc) is 2.83. The van der Waals surface area contributed by atoms with Crippen LogP contribution in [-0.2, 0) is 6.42 Å². The van der Waals surface area contributed by atoms with Gasteiger partial charge in [-0.25, -0.2) is 4.98 Å². The molecule has 2 aromatic heterocycles. The average molecular weight is 239 g/mol. The van der Waals surface area contributed by atoms with Gasteiger partial charge in [-0.05, 0) is 14.1 Å². The number of thiazole rings is 1. The summed E-state index contributed by atoms with van der Waals surface area (Å²) >= 11 is 1.36. The Morgan fingerprint density at radius 1 is 1.44 bits per heavy atom. The van der Waals surface area contributed by atoms with E-state index in [9.17, 15) is 0 Å². The minimum Gasteiger partial charge on any atom is -0.375 e. The molecule has 0 aliphatic heterocycles. The molecule has 0 aliphatic carbocycles. The summed E-state index contributed by atoms with van der Waals surface area (Å²) in [5.41, 5.74) is 6.18. The summed E-state index contributed by atoms with van der Waals surface area (Å²) in [6, 6.07) is 0. The molecule has 0 radical (unpaired) electrons. The van der Waals surface area contributed by atoms with Crippen LogP contribution in [0.4, 0.5) is 5.13 Å². The van der Waals surface area contributed by atoms with E-state index in [1.165, 1.54) is 11.3 Å². The van der Waals surface area contributed by atoms with E-state index in [1.807, 2.05) is 14.1 Å². The lowest BCUT2D eigenvalue weighted by Gasteiger charge is -2.05. The first-order chi connectivity index (χ1) is 7.65. The van der Waals surface area contributed by atoms with Gasteiger partial charge < -0.3 is 15.2 Å². The van der Waals surface area contributed by atoms with Gasteiger partial charge in [0.15, 0.2) is 11.0 Å². The van der Waals surface area contributed by atoms with Gasteiger partial charge in [0.2, 0.25) is 0 Å². The van der Waals surface area contributed by atoms with Gasteiger partial charge in [0.05, 0.1) is 0 Å². The second-order valence-electron chi connectivity index (χ2n) is 3.64. The molecular formula is C9H13N5OS. The van der Waals surface area contributed by atoms with Crippen LogP contribution in [0.25, 0.3) is 11.6 Å². The molecule has 0 saturated carbocycles. The van der Waals surface area contributed by atoms with Crippen LogP contribution in [0.5, 0.6) is 0 Å². The number of nitrogen functional groups attached to an aromatic ring is 1. The maximum atomic E-state index is 5.53. The first-order valence-electron chi connectivity index (χ1n) is 4.84. The van der Waals surface area contributed by atoms with E-state index in [0.717, 1.165) is 13.0 Å². The fourth-order valence-corrected chi connectivity index (χ4v) is 1.71. The van der Waals surface area contributed by atoms with Crippen molar-refractivity contribution in [3.63, 3.8) is 0 Å². The minimum atomic E-state index is 0.432. The molecule has 0 aromatic carbocycles. The Kier molecular flexibility index (Phi) is 3.16. The van der Waals surface area contributed by atoms with Crippen molar-refractivity contribution in [1.29, 1.82) is 0 Å². The minimum absolute atomic E-state index is 0.432. The third-order valence-electron chi connectivity index (χ3n) is 1.99. The zero-order chi connectivity index (χ0) is 11.5. The fourth-order valence-electron chi connectivity index (χ4n) is 1.17. The highest BCUT2D eigenvalue weighted by Gasteiger charge is 2.11. The number of rotatable bonds is 4. The predicted molar refractivity (Wildman–Crippen MR) is 62.1 cm³/mol. The van der Waals surface area contributed by atoms with Crippen LogP contribution in [0, 0.1) is 0 Å². The van der Waals surface area contributed by atoms with Gasteiger partial charge in [0, 0.05) is 18.3 Å². The number of anilines is 1. The predicted octanol–water partition coefficient (Wildman–Crippen LogP) is 0.879. The molecular weight excluding hydrogens is 226 g/mol. The van der Waals surface area contributed by atoms with Crippen molar-refractivity contribution in [1.82, 2.24) is 20.0 Å². The number of aromatic nitrogens is 3. The zero-order valence-corrected chi connectivity index (χ0v) is 9.99. The molecule has 0 bridgehead atoms. The highest BCUT2D eigenvalue weighted by atomic mass is 32.1. The monoisotopic (exact) mass is 239 g/mol. The summed E-state index contributed by atoms with van der Waals surface area (Å²) in [4.78, 5) is 10.4. The standard InChI is InChI=1S/C9H13N5OS/c1-14(2)4-3-7-12-8(15-13-7)6-5-16-9(10)11-6/h5H,3-4H2,1-2H3,(H2,10,11). The van der Waals surface area contributed by atoms with Gasteiger partial charge >= 0.3 is 0 Å². The van der Waals surface area contributed by atoms with Crippen molar-refractivity contribution in [2.75, 3.05) is 26.4 Å². The van der Waals surface area contributed by atoms with Crippen LogP contribution in [0.1, 0.15) is 5.82 Å². The molecule has 2 aromatic rings. The molecule has 16 heavy (non-hydrogen) atoms. The summed E-state index contributed by atoms with van der Waals surface area (Å²) in [6.07, 6.45) is 0.760. The van der Waals surface area contributed by atoms with Gasteiger partial charge in [0.25, 0.3) is 5.89 Å². The Balaban J connectivity index is 2.07. The Morgan fingerprint density at radius 3 is 2.88 bits per heavy atom. The second-order valence-corrected chi connectivity index (χ2v) is 4.53. The van der Waals surface area contributed by atoms with Crippen molar-refractivity contribution >= 4 is 16.5 Å². The van der Waals surface area contributed by atoms with Crippen molar-refractivity contribution in [3.05, 3.63) is 11.2 Å². The van der Waals surface area contributed by atoms with Crippen LogP contribution < -0.4 is 5.73 Å². The molecule has 6 nitrogen and oxygen atoms in total. The summed E-state index contributed by atoms with van der Waals surface area (Å²) in [7, 11) is 4.00. The Hall–Kier alpha value is -1.47. The molecule has 0 amide bonds. The van der Waals surface area contributed by atoms with Gasteiger partial charge in [-0.1, -0.05) is 5.16 Å². The van der Waals surface area contributed by atoms with Crippen LogP contribution in [0.15, 0.2) is 9.90 Å². The summed E-state index contributed by atoms with van der Waals surface area (Å²) in [6.45, 7) is 0.887. The molecule has 0 unspecified atom stereocenters. The van der Waals surface area contributed by atoms with Crippen LogP contribution in [0.2, 0.25) is 0 Å². The van der Waals surface area contributed by atoms with E-state index in [4.69, 9.17) is 10.3 Å². The van der Waals surface area contributed by atoms with E-state index in [0.29, 0.717) is 22.5 Å². The van der Waals surface area contributed by atoms with Crippen LogP contribution >= 0.6 is 11.3 Å². The summed E-state index contributed by atoms with van der Waals surface area (Å²) < 4.78 is 5.11. The molecule has 2 N–H and O–H groups in total. The molecule has 86 valence electrons. The SMILES string of the molecule is CN(C)CCc1noc(-c2csc(N)n2)n1. The second kappa shape index (κ2) is 4.58. The lowest BCUT2D eigenvalue weighted by Crippen LogP contribution is -2.15. The maximum absolute atomic E-state index is 5.53. The van der Waals surface area contributed by atoms with Crippen LogP contribution in [0.3, 0.4) is 0 Å². The van der Waals surface area contributed by atoms with E-state index < -0.39 is 0 Å². The quantitative estimate of drug-likeness (QED) is 0.853. The number of hydrogen-bond acceptors (Lipinski definition) is 7. The lowest BCUT2D eigenvalue weighted by atomic mass is 10.4. The normalized spacial score (nSPS) is 11.2. The number of likely N-dealkylation sites (N-methyl/N-ethyl adjacent to an activating group) is 1. The molecule has 0 saturated heterocycles. The molecule has 0 aliphatic rings. The number of nitrogens with zero attached hydrogens (tertiary/aromatic N) is 4. The number of hydrogen-bond donors (Lipinski definition) is 1. The molecule has 2 rings (SSSR count). The zero-order valence-electron chi connectivity index (χ0n) is 9.17. The van der Waals surface area contributed by atoms with E-state index >= 15 is 0 Å². The van der Waals surface area contributed by atoms with Crippen molar-refractivity contribution < 1.29 is 4.52 Å². The van der Waals surface area contributed by atoms with E-state index in [2.05, 4.69) is 20.0 Å². The van der Waals surface area contributed by atoms with Crippen LogP contribution in [-0.4, -0.2) is 40.7 Å². The largest absolute Gasteiger partial charge is 0.375 e. The molecule has 7 heteroatoms. The highest BCUT2D eigenvalue weighted by molar-refractivity contribution is 7.13. The van der Waals surface area contributed by atoms with Crippen molar-refractivity contribution in [2.24, 2.45) is 0 Å². The smallest absolute Gasteiger partial charge is 0.277 e. The van der Waals surface area contributed by atoms with Crippen molar-refractivity contribution in [2.45, 2.75) is 6.42 Å².